The number of esters is 1. The van der Waals surface area contributed by atoms with Gasteiger partial charge in [0.25, 0.3) is 0 Å². The number of carbonyl (C=O) groups is 1. The smallest absolute Gasteiger partial charge is 0.349 e. The summed E-state index contributed by atoms with van der Waals surface area (Å²) >= 11 is 2.72. The molecule has 0 bridgehead atoms. The van der Waals surface area contributed by atoms with Gasteiger partial charge < -0.3 is 23.8 Å². The first-order chi connectivity index (χ1) is 13.4. The van der Waals surface area contributed by atoms with E-state index in [2.05, 4.69) is 14.1 Å². The summed E-state index contributed by atoms with van der Waals surface area (Å²) in [4.78, 5) is 14.4. The lowest BCUT2D eigenvalue weighted by Gasteiger charge is -2.60. The molecule has 6 nitrogen and oxygen atoms in total. The summed E-state index contributed by atoms with van der Waals surface area (Å²) in [6, 6.07) is 7.84. The van der Waals surface area contributed by atoms with Crippen molar-refractivity contribution < 1.29 is 28.6 Å². The lowest BCUT2D eigenvalue weighted by atomic mass is 9.74. The van der Waals surface area contributed by atoms with Gasteiger partial charge in [0.1, 0.15) is 12.1 Å². The molecule has 4 fully saturated rings. The maximum Gasteiger partial charge on any atom is 0.349 e. The number of likely N-dealkylation sites (N-methyl/N-ethyl adjacent to an activating group) is 1. The number of epoxide rings is 1. The monoisotopic (exact) mass is 420 g/mol. The van der Waals surface area contributed by atoms with Gasteiger partial charge in [-0.25, -0.2) is 4.79 Å². The summed E-state index contributed by atoms with van der Waals surface area (Å²) < 4.78 is 18.6. The molecule has 1 spiro atoms. The first-order valence-electron chi connectivity index (χ1n) is 9.55. The fourth-order valence-corrected chi connectivity index (χ4v) is 7.68. The Labute approximate surface area is 170 Å². The second-order valence-corrected chi connectivity index (χ2v) is 10.7. The van der Waals surface area contributed by atoms with Gasteiger partial charge in [0.15, 0.2) is 24.0 Å². The Kier molecular flexibility index (Phi) is 3.41. The second-order valence-electron chi connectivity index (χ2n) is 8.76. The molecular weight excluding hydrogens is 398 g/mol. The Morgan fingerprint density at radius 2 is 1.96 bits per heavy atom. The quantitative estimate of drug-likeness (QED) is 0.466. The van der Waals surface area contributed by atoms with Crippen molar-refractivity contribution in [3.05, 3.63) is 44.8 Å². The van der Waals surface area contributed by atoms with E-state index in [1.54, 1.807) is 12.1 Å². The lowest BCUT2D eigenvalue weighted by molar-refractivity contribution is -0.998. The standard InChI is InChI=1S/C20H22NO5S2/c1-21(2)12-9-11(10-19(12)16(21)15-17(25-15)26-19)24-18(22)20(23,13-5-3-7-27-13)14-6-4-8-28-14/h3-8,11-12,15-17,23H,9-10H2,1-2H3/q+1/t11-,12?,15-,16?,17-,19?/m0/s1. The number of thiophene rings is 2. The van der Waals surface area contributed by atoms with Gasteiger partial charge in [-0.1, -0.05) is 12.1 Å². The summed E-state index contributed by atoms with van der Waals surface area (Å²) in [6.07, 6.45) is 1.26. The zero-order valence-electron chi connectivity index (χ0n) is 15.6. The third kappa shape index (κ3) is 2.03. The molecule has 4 aliphatic rings. The average molecular weight is 421 g/mol. The van der Waals surface area contributed by atoms with Gasteiger partial charge in [0.2, 0.25) is 5.60 Å². The third-order valence-corrected chi connectivity index (χ3v) is 9.03. The van der Waals surface area contributed by atoms with Crippen molar-refractivity contribution in [2.24, 2.45) is 0 Å². The summed E-state index contributed by atoms with van der Waals surface area (Å²) in [7, 11) is 4.41. The SMILES string of the molecule is C[N+]1(C)C2C[C@H](OC(=O)C(O)(c3cccs3)c3cccs3)CC23O[C@@H]2O[C@H]2C31. The fourth-order valence-electron chi connectivity index (χ4n) is 5.97. The van der Waals surface area contributed by atoms with E-state index in [0.717, 1.165) is 10.9 Å². The first kappa shape index (κ1) is 17.6. The number of quaternary nitrogens is 1. The van der Waals surface area contributed by atoms with Crippen LogP contribution in [-0.4, -0.2) is 65.8 Å². The number of ether oxygens (including phenoxy) is 3. The Morgan fingerprint density at radius 3 is 2.57 bits per heavy atom. The molecule has 3 saturated heterocycles. The number of nitrogens with zero attached hydrogens (tertiary/aromatic N) is 1. The zero-order valence-corrected chi connectivity index (χ0v) is 17.2. The van der Waals surface area contributed by atoms with Crippen LogP contribution < -0.4 is 0 Å². The van der Waals surface area contributed by atoms with Crippen LogP contribution in [0.4, 0.5) is 0 Å². The van der Waals surface area contributed by atoms with Gasteiger partial charge in [0, 0.05) is 12.8 Å². The van der Waals surface area contributed by atoms with Gasteiger partial charge in [-0.2, -0.15) is 0 Å². The largest absolute Gasteiger partial charge is 0.459 e. The van der Waals surface area contributed by atoms with E-state index in [-0.39, 0.29) is 24.1 Å². The number of aliphatic hydroxyl groups is 1. The minimum absolute atomic E-state index is 0.0870. The van der Waals surface area contributed by atoms with Crippen molar-refractivity contribution in [1.82, 2.24) is 0 Å². The first-order valence-corrected chi connectivity index (χ1v) is 11.3. The van der Waals surface area contributed by atoms with Crippen LogP contribution in [0.3, 0.4) is 0 Å². The van der Waals surface area contributed by atoms with E-state index in [0.29, 0.717) is 28.3 Å². The summed E-state index contributed by atoms with van der Waals surface area (Å²) in [5.74, 6) is -0.596. The van der Waals surface area contributed by atoms with E-state index in [9.17, 15) is 9.90 Å². The molecule has 28 heavy (non-hydrogen) atoms. The van der Waals surface area contributed by atoms with Crippen LogP contribution in [0.2, 0.25) is 0 Å². The molecule has 2 aromatic heterocycles. The molecule has 6 atom stereocenters. The van der Waals surface area contributed by atoms with Gasteiger partial charge in [-0.05, 0) is 22.9 Å². The number of likely N-dealkylation sites (tertiary alicyclic amines) is 1. The number of carbonyl (C=O) groups excluding carboxylic acids is 1. The molecule has 1 N–H and O–H groups in total. The van der Waals surface area contributed by atoms with E-state index in [1.165, 1.54) is 22.7 Å². The molecule has 1 aliphatic carbocycles. The Morgan fingerprint density at radius 1 is 1.29 bits per heavy atom. The molecule has 6 rings (SSSR count). The second kappa shape index (κ2) is 5.44. The highest BCUT2D eigenvalue weighted by Crippen LogP contribution is 2.64. The third-order valence-electron chi connectivity index (χ3n) is 7.07. The molecule has 3 aliphatic heterocycles. The molecule has 2 aromatic rings. The minimum atomic E-state index is -1.76. The molecule has 1 saturated carbocycles. The topological polar surface area (TPSA) is 68.3 Å². The lowest BCUT2D eigenvalue weighted by Crippen LogP contribution is -2.81. The minimum Gasteiger partial charge on any atom is -0.459 e. The van der Waals surface area contributed by atoms with E-state index in [4.69, 9.17) is 14.2 Å². The average Bonchev–Trinajstić information content (AvgIpc) is 3.20. The predicted octanol–water partition coefficient (Wildman–Crippen LogP) is 2.07. The molecular formula is C20H22NO5S2+. The van der Waals surface area contributed by atoms with Crippen LogP contribution in [0.1, 0.15) is 22.6 Å². The van der Waals surface area contributed by atoms with Crippen molar-refractivity contribution in [1.29, 1.82) is 0 Å². The van der Waals surface area contributed by atoms with Crippen molar-refractivity contribution in [3.63, 3.8) is 0 Å². The summed E-state index contributed by atoms with van der Waals surface area (Å²) in [5.41, 5.74) is -2.00. The van der Waals surface area contributed by atoms with Gasteiger partial charge >= 0.3 is 5.97 Å². The molecule has 0 amide bonds. The predicted molar refractivity (Wildman–Crippen MR) is 103 cm³/mol. The zero-order chi connectivity index (χ0) is 19.3. The highest BCUT2D eigenvalue weighted by atomic mass is 32.1. The maximum atomic E-state index is 13.2. The van der Waals surface area contributed by atoms with E-state index >= 15 is 0 Å². The number of hydrogen-bond donors (Lipinski definition) is 1. The van der Waals surface area contributed by atoms with Crippen molar-refractivity contribution in [2.45, 2.75) is 54.6 Å². The van der Waals surface area contributed by atoms with Crippen LogP contribution in [0.15, 0.2) is 35.0 Å². The summed E-state index contributed by atoms with van der Waals surface area (Å²) in [5, 5.41) is 15.2. The van der Waals surface area contributed by atoms with Gasteiger partial charge in [-0.15, -0.1) is 22.7 Å². The van der Waals surface area contributed by atoms with E-state index < -0.39 is 11.6 Å². The number of hydrogen-bond acceptors (Lipinski definition) is 7. The van der Waals surface area contributed by atoms with Crippen LogP contribution in [0, 0.1) is 0 Å². The molecule has 5 heterocycles. The Balaban J connectivity index is 1.27. The van der Waals surface area contributed by atoms with Crippen LogP contribution in [-0.2, 0) is 24.6 Å². The number of rotatable bonds is 4. The van der Waals surface area contributed by atoms with Crippen molar-refractivity contribution >= 4 is 28.6 Å². The molecule has 8 heteroatoms. The molecule has 3 unspecified atom stereocenters. The van der Waals surface area contributed by atoms with Crippen molar-refractivity contribution in [2.75, 3.05) is 14.1 Å². The highest BCUT2D eigenvalue weighted by molar-refractivity contribution is 7.12. The highest BCUT2D eigenvalue weighted by Gasteiger charge is 2.86. The maximum absolute atomic E-state index is 13.2. The van der Waals surface area contributed by atoms with Crippen LogP contribution in [0.25, 0.3) is 0 Å². The van der Waals surface area contributed by atoms with Crippen LogP contribution in [0.5, 0.6) is 0 Å². The Hall–Kier alpha value is -1.29. The van der Waals surface area contributed by atoms with E-state index in [1.807, 2.05) is 22.9 Å². The number of fused-ring (bicyclic) bond motifs is 2. The molecule has 0 radical (unpaired) electrons. The Bertz CT molecular complexity index is 892. The molecule has 0 aromatic carbocycles. The summed E-state index contributed by atoms with van der Waals surface area (Å²) in [6.45, 7) is 0. The molecule has 148 valence electrons. The normalized spacial score (nSPS) is 39.6. The van der Waals surface area contributed by atoms with Gasteiger partial charge in [0.05, 0.1) is 23.8 Å². The fraction of sp³-hybridized carbons (Fsp3) is 0.550. The van der Waals surface area contributed by atoms with Crippen LogP contribution >= 0.6 is 22.7 Å². The van der Waals surface area contributed by atoms with Crippen molar-refractivity contribution in [3.8, 4) is 0 Å². The van der Waals surface area contributed by atoms with Gasteiger partial charge in [-0.3, -0.25) is 0 Å².